The van der Waals surface area contributed by atoms with Crippen LogP contribution in [0, 0.1) is 47.4 Å². The number of carbonyl (C=O) groups excluding carboxylic acids is 7. The molecule has 21 aromatic rings. The topological polar surface area (TPSA) is 412 Å². The van der Waals surface area contributed by atoms with Gasteiger partial charge in [0.1, 0.15) is 49.6 Å². The molecular formula is C109H89Br2Cl2FN16O7S7. The maximum atomic E-state index is 12.9. The molecule has 9 heterocycles. The predicted molar refractivity (Wildman–Crippen MR) is 614 cm³/mol. The number of nitrogens with one attached hydrogen (secondary N) is 7. The van der Waals surface area contributed by atoms with Crippen LogP contribution in [0.2, 0.25) is 10.0 Å². The van der Waals surface area contributed by atoms with Crippen molar-refractivity contribution in [2.75, 3.05) is 77.4 Å². The van der Waals surface area contributed by atoms with E-state index < -0.39 is 0 Å². The highest BCUT2D eigenvalue weighted by molar-refractivity contribution is 9.10. The van der Waals surface area contributed by atoms with Gasteiger partial charge in [0.25, 0.3) is 41.4 Å². The molecule has 0 aliphatic rings. The third-order valence-corrected chi connectivity index (χ3v) is 31.3. The van der Waals surface area contributed by atoms with E-state index in [1.807, 2.05) is 278 Å². The Bertz CT molecular complexity index is 7490. The average molecular weight is 2210 g/mol. The zero-order valence-corrected chi connectivity index (χ0v) is 87.8. The Kier molecular flexibility index (Phi) is 33.6. The number of rotatable bonds is 14. The number of thiophene rings is 7. The molecule has 724 valence electrons. The number of pyridine rings is 2. The molecule has 144 heavy (non-hydrogen) atoms. The quantitative estimate of drug-likeness (QED) is 0.0481. The number of aromatic nitrogens is 2. The van der Waals surface area contributed by atoms with Gasteiger partial charge in [-0.1, -0.05) is 170 Å². The second-order valence-electron chi connectivity index (χ2n) is 32.6. The Hall–Kier alpha value is -15.0. The van der Waals surface area contributed by atoms with Gasteiger partial charge in [-0.25, -0.2) is 14.4 Å². The first-order valence-corrected chi connectivity index (χ1v) is 52.0. The van der Waals surface area contributed by atoms with Crippen LogP contribution < -0.4 is 77.4 Å². The molecule has 0 saturated heterocycles. The lowest BCUT2D eigenvalue weighted by Crippen LogP contribution is -2.11. The standard InChI is InChI=1S/C17H16N2OS.C16H13BrN2OS.C16H13ClN2OS.C16H13FN2OS.C16H14N2OS.C14H10BrN3OS.C14H10ClN3OS/c1-10-3-6-12(7-4-10)19-17(20)16-15(18)13-9-11(2)5-8-14(13)21-16;3*1-9-2-7-13-12(8-9)14(18)15(21-13)16(20)19-11-5-3-10(17)4-6-11;1-10-7-8-13-12(9-10)14(17)15(20-13)16(19)18-11-5-3-2-4-6-11;2*15-8-6-10-11(16)12(20-14(10)17-7-8)13(19)18-9-4-2-1-3-5-9/h3-9H,18H2,1-2H3,(H,19,20);3*2-8H,18H2,1H3,(H,19,20);2-9H,17H2,1H3,(H,18,19);2*1-7H,16H2,(H,18,19). The Morgan fingerprint density at radius 1 is 0.250 bits per heavy atom. The Labute approximate surface area is 881 Å². The van der Waals surface area contributed by atoms with Crippen molar-refractivity contribution < 1.29 is 38.0 Å². The van der Waals surface area contributed by atoms with Gasteiger partial charge in [0.05, 0.1) is 44.8 Å². The molecule has 0 saturated carbocycles. The fourth-order valence-electron chi connectivity index (χ4n) is 14.4. The number of benzene rings is 12. The van der Waals surface area contributed by atoms with Gasteiger partial charge >= 0.3 is 0 Å². The smallest absolute Gasteiger partial charge is 0.267 e. The Balaban J connectivity index is 0.000000126. The first-order valence-electron chi connectivity index (χ1n) is 43.9. The average Bonchev–Trinajstić information content (AvgIpc) is 1.67. The van der Waals surface area contributed by atoms with E-state index in [1.165, 1.54) is 104 Å². The molecule has 23 nitrogen and oxygen atoms in total. The highest BCUT2D eigenvalue weighted by atomic mass is 79.9. The Morgan fingerprint density at radius 3 is 0.771 bits per heavy atom. The summed E-state index contributed by atoms with van der Waals surface area (Å²) in [6.45, 7) is 12.0. The number of carbonyl (C=O) groups is 7. The first kappa shape index (κ1) is 103. The Morgan fingerprint density at radius 2 is 0.479 bits per heavy atom. The maximum Gasteiger partial charge on any atom is 0.267 e. The minimum Gasteiger partial charge on any atom is -0.397 e. The van der Waals surface area contributed by atoms with Gasteiger partial charge in [-0.15, -0.1) is 79.4 Å². The summed E-state index contributed by atoms with van der Waals surface area (Å²) < 4.78 is 19.7. The van der Waals surface area contributed by atoms with Gasteiger partial charge in [-0.05, 0) is 252 Å². The number of nitrogens with zero attached hydrogens (tertiary/aromatic N) is 2. The van der Waals surface area contributed by atoms with Crippen LogP contribution >= 0.6 is 134 Å². The molecule has 12 aromatic carbocycles. The minimum absolute atomic E-state index is 0.157. The van der Waals surface area contributed by atoms with Crippen LogP contribution in [0.1, 0.15) is 101 Å². The van der Waals surface area contributed by atoms with Gasteiger partial charge in [0, 0.05) is 127 Å². The van der Waals surface area contributed by atoms with Gasteiger partial charge in [0.15, 0.2) is 0 Å². The van der Waals surface area contributed by atoms with Crippen molar-refractivity contribution in [2.24, 2.45) is 0 Å². The summed E-state index contributed by atoms with van der Waals surface area (Å²) in [5.74, 6) is -1.77. The van der Waals surface area contributed by atoms with E-state index in [0.717, 1.165) is 131 Å². The number of hydrogen-bond acceptors (Lipinski definition) is 23. The van der Waals surface area contributed by atoms with Gasteiger partial charge < -0.3 is 77.4 Å². The van der Waals surface area contributed by atoms with Crippen LogP contribution in [0.3, 0.4) is 0 Å². The number of nitrogens with two attached hydrogens (primary N) is 7. The number of nitrogen functional groups attached to an aromatic ring is 7. The molecule has 9 aromatic heterocycles. The van der Waals surface area contributed by atoms with E-state index >= 15 is 0 Å². The van der Waals surface area contributed by atoms with Crippen LogP contribution in [0.5, 0.6) is 0 Å². The van der Waals surface area contributed by atoms with Crippen molar-refractivity contribution >= 4 is 326 Å². The minimum atomic E-state index is -0.343. The molecule has 7 amide bonds. The molecule has 0 aliphatic heterocycles. The van der Waals surface area contributed by atoms with Crippen molar-refractivity contribution in [1.82, 2.24) is 9.97 Å². The number of hydrogen-bond donors (Lipinski definition) is 14. The molecule has 21 N–H and O–H groups in total. The van der Waals surface area contributed by atoms with Crippen molar-refractivity contribution in [1.29, 1.82) is 0 Å². The van der Waals surface area contributed by atoms with Crippen LogP contribution in [0.15, 0.2) is 313 Å². The van der Waals surface area contributed by atoms with E-state index in [2.05, 4.69) is 79.0 Å². The molecule has 21 rings (SSSR count). The number of para-hydroxylation sites is 3. The highest BCUT2D eigenvalue weighted by Crippen LogP contribution is 2.43. The molecule has 0 unspecified atom stereocenters. The van der Waals surface area contributed by atoms with Crippen molar-refractivity contribution in [3.8, 4) is 0 Å². The van der Waals surface area contributed by atoms with Crippen LogP contribution in [0.4, 0.5) is 84.0 Å². The van der Waals surface area contributed by atoms with E-state index in [1.54, 1.807) is 42.7 Å². The van der Waals surface area contributed by atoms with E-state index in [0.29, 0.717) is 106 Å². The van der Waals surface area contributed by atoms with Gasteiger partial charge in [-0.3, -0.25) is 33.6 Å². The second kappa shape index (κ2) is 46.8. The van der Waals surface area contributed by atoms with E-state index in [4.69, 9.17) is 63.3 Å². The van der Waals surface area contributed by atoms with Crippen molar-refractivity contribution in [3.05, 3.63) is 396 Å². The molecule has 0 fully saturated rings. The van der Waals surface area contributed by atoms with E-state index in [9.17, 15) is 38.0 Å². The zero-order chi connectivity index (χ0) is 102. The monoisotopic (exact) mass is 2200 g/mol. The molecule has 0 spiro atoms. The fourth-order valence-corrected chi connectivity index (χ4v) is 22.2. The third-order valence-electron chi connectivity index (χ3n) is 21.7. The molecule has 0 atom stereocenters. The number of halogens is 5. The number of amides is 7. The van der Waals surface area contributed by atoms with Crippen LogP contribution in [-0.4, -0.2) is 51.3 Å². The first-order chi connectivity index (χ1) is 69.1. The predicted octanol–water partition coefficient (Wildman–Crippen LogP) is 29.8. The van der Waals surface area contributed by atoms with Gasteiger partial charge in [-0.2, -0.15) is 0 Å². The van der Waals surface area contributed by atoms with E-state index in [-0.39, 0.29) is 47.2 Å². The number of aryl methyl sites for hydroxylation is 6. The lowest BCUT2D eigenvalue weighted by Gasteiger charge is -2.04. The zero-order valence-electron chi connectivity index (χ0n) is 77.4. The van der Waals surface area contributed by atoms with Crippen molar-refractivity contribution in [2.45, 2.75) is 41.5 Å². The number of fused-ring (bicyclic) bond motifs is 7. The lowest BCUT2D eigenvalue weighted by molar-refractivity contribution is 0.102. The van der Waals surface area contributed by atoms with Gasteiger partial charge in [0.2, 0.25) is 0 Å². The molecule has 35 heteroatoms. The summed E-state index contributed by atoms with van der Waals surface area (Å²) in [4.78, 5) is 99.8. The van der Waals surface area contributed by atoms with Crippen LogP contribution in [0.25, 0.3) is 70.9 Å². The van der Waals surface area contributed by atoms with Crippen LogP contribution in [-0.2, 0) is 0 Å². The maximum absolute atomic E-state index is 12.9. The summed E-state index contributed by atoms with van der Waals surface area (Å²) in [7, 11) is 0. The fraction of sp³-hybridized carbons (Fsp3) is 0.0550. The summed E-state index contributed by atoms with van der Waals surface area (Å²) in [5.41, 5.74) is 58.0. The molecule has 0 aliphatic carbocycles. The molecular weight excluding hydrogens is 2120 g/mol. The lowest BCUT2D eigenvalue weighted by atomic mass is 10.1. The van der Waals surface area contributed by atoms with Crippen molar-refractivity contribution in [3.63, 3.8) is 0 Å². The second-order valence-corrected chi connectivity index (χ2v) is 42.6. The molecule has 0 radical (unpaired) electrons. The largest absolute Gasteiger partial charge is 0.397 e. The summed E-state index contributed by atoms with van der Waals surface area (Å²) in [6, 6.07) is 89.3. The highest BCUT2D eigenvalue weighted by Gasteiger charge is 2.25. The third kappa shape index (κ3) is 25.7. The molecule has 0 bridgehead atoms. The number of anilines is 14. The summed E-state index contributed by atoms with van der Waals surface area (Å²) in [6.07, 6.45) is 3.23. The summed E-state index contributed by atoms with van der Waals surface area (Å²) >= 11 is 28.0. The SMILES string of the molecule is Cc1ccc(NC(=O)c2sc3ccc(C)cc3c2N)cc1.Cc1ccc2sc(C(=O)Nc3ccc(Br)cc3)c(N)c2c1.Cc1ccc2sc(C(=O)Nc3ccc(Cl)cc3)c(N)c2c1.Cc1ccc2sc(C(=O)Nc3ccc(F)cc3)c(N)c2c1.Cc1ccc2sc(C(=O)Nc3ccccc3)c(N)c2c1.Nc1c(C(=O)Nc2ccccc2)sc2ncc(Br)cc12.Nc1c(C(=O)Nc2ccccc2)sc2ncc(Cl)cc12. The normalized spacial score (nSPS) is 10.7. The summed E-state index contributed by atoms with van der Waals surface area (Å²) in [5, 5.41) is 27.1.